The van der Waals surface area contributed by atoms with Crippen molar-refractivity contribution in [2.24, 2.45) is 0 Å². The van der Waals surface area contributed by atoms with Crippen LogP contribution >= 0.6 is 0 Å². The van der Waals surface area contributed by atoms with Crippen LogP contribution in [0.15, 0.2) is 59.5 Å². The smallest absolute Gasteiger partial charge is 0.347 e. The number of hydrogen-bond acceptors (Lipinski definition) is 5. The zero-order chi connectivity index (χ0) is 23.8. The molecule has 2 aromatic carbocycles. The summed E-state index contributed by atoms with van der Waals surface area (Å²) in [5.74, 6) is -0.357. The second-order valence-corrected chi connectivity index (χ2v) is 7.83. The van der Waals surface area contributed by atoms with Crippen molar-refractivity contribution in [1.82, 2.24) is 4.57 Å². The van der Waals surface area contributed by atoms with Crippen LogP contribution in [0.25, 0.3) is 10.8 Å². The third-order valence-corrected chi connectivity index (χ3v) is 5.27. The molecule has 3 aromatic rings. The number of pyridine rings is 1. The molecule has 3 rings (SSSR count). The largest absolute Gasteiger partial charge is 0.478 e. The first-order valence-electron chi connectivity index (χ1n) is 11.3. The topological polar surface area (TPSA) is 86.6 Å². The molecule has 33 heavy (non-hydrogen) atoms. The summed E-state index contributed by atoms with van der Waals surface area (Å²) >= 11 is 0. The molecule has 1 aromatic heterocycles. The van der Waals surface area contributed by atoms with Gasteiger partial charge in [-0.2, -0.15) is 0 Å². The summed E-state index contributed by atoms with van der Waals surface area (Å²) in [6.45, 7) is 5.62. The molecule has 1 amide bonds. The highest BCUT2D eigenvalue weighted by atomic mass is 16.6. The van der Waals surface area contributed by atoms with Crippen LogP contribution in [0, 0.1) is 0 Å². The summed E-state index contributed by atoms with van der Waals surface area (Å²) in [5.41, 5.74) is 1.61. The van der Waals surface area contributed by atoms with Gasteiger partial charge in [0.05, 0.1) is 12.0 Å². The van der Waals surface area contributed by atoms with Gasteiger partial charge in [0.1, 0.15) is 12.3 Å². The summed E-state index contributed by atoms with van der Waals surface area (Å²) in [6, 6.07) is 14.5. The number of carbonyl (C=O) groups excluding carboxylic acids is 2. The molecular formula is C26H30N2O5. The number of nitrogens with one attached hydrogen (secondary N) is 1. The third-order valence-electron chi connectivity index (χ3n) is 5.27. The maximum atomic E-state index is 13.0. The van der Waals surface area contributed by atoms with E-state index in [2.05, 4.69) is 12.2 Å². The zero-order valence-corrected chi connectivity index (χ0v) is 19.3. The van der Waals surface area contributed by atoms with E-state index in [1.165, 1.54) is 10.1 Å². The van der Waals surface area contributed by atoms with Crippen molar-refractivity contribution in [3.05, 3.63) is 70.6 Å². The van der Waals surface area contributed by atoms with Crippen molar-refractivity contribution in [2.75, 3.05) is 11.9 Å². The van der Waals surface area contributed by atoms with Gasteiger partial charge < -0.3 is 19.4 Å². The van der Waals surface area contributed by atoms with Gasteiger partial charge in [0.2, 0.25) is 5.91 Å². The van der Waals surface area contributed by atoms with Crippen LogP contribution in [0.3, 0.4) is 0 Å². The minimum atomic E-state index is -0.808. The Labute approximate surface area is 193 Å². The fourth-order valence-corrected chi connectivity index (χ4v) is 3.51. The van der Waals surface area contributed by atoms with Gasteiger partial charge in [-0.1, -0.05) is 31.5 Å². The molecule has 1 N–H and O–H groups in total. The number of aryl methyl sites for hydroxylation is 1. The Morgan fingerprint density at radius 3 is 2.48 bits per heavy atom. The molecule has 1 atom stereocenters. The Morgan fingerprint density at radius 1 is 1.03 bits per heavy atom. The average Bonchev–Trinajstić information content (AvgIpc) is 2.81. The first kappa shape index (κ1) is 24.0. The lowest BCUT2D eigenvalue weighted by atomic mass is 10.1. The number of unbranched alkanes of at least 4 members (excludes halogenated alkanes) is 1. The molecule has 0 fully saturated rings. The minimum Gasteiger partial charge on any atom is -0.478 e. The summed E-state index contributed by atoms with van der Waals surface area (Å²) in [7, 11) is 0. The maximum absolute atomic E-state index is 13.0. The molecule has 174 valence electrons. The Hall–Kier alpha value is -3.61. The van der Waals surface area contributed by atoms with Crippen molar-refractivity contribution >= 4 is 28.3 Å². The monoisotopic (exact) mass is 450 g/mol. The van der Waals surface area contributed by atoms with Gasteiger partial charge in [-0.15, -0.1) is 0 Å². The molecule has 0 aliphatic carbocycles. The first-order valence-corrected chi connectivity index (χ1v) is 11.3. The molecule has 1 heterocycles. The number of carbonyl (C=O) groups is 2. The molecule has 0 saturated carbocycles. The van der Waals surface area contributed by atoms with Gasteiger partial charge in [0.15, 0.2) is 6.10 Å². The minimum absolute atomic E-state index is 0.114. The predicted octanol–water partition coefficient (Wildman–Crippen LogP) is 4.31. The highest BCUT2D eigenvalue weighted by molar-refractivity contribution is 5.91. The van der Waals surface area contributed by atoms with Gasteiger partial charge in [-0.3, -0.25) is 9.59 Å². The Kier molecular flexibility index (Phi) is 8.24. The second kappa shape index (κ2) is 11.3. The van der Waals surface area contributed by atoms with E-state index >= 15 is 0 Å². The summed E-state index contributed by atoms with van der Waals surface area (Å²) in [6.07, 6.45) is 4.03. The van der Waals surface area contributed by atoms with E-state index in [0.29, 0.717) is 22.2 Å². The number of nitrogens with zero attached hydrogens (tertiary/aromatic N) is 1. The maximum Gasteiger partial charge on any atom is 0.347 e. The van der Waals surface area contributed by atoms with Crippen molar-refractivity contribution < 1.29 is 19.1 Å². The number of aromatic nitrogens is 1. The van der Waals surface area contributed by atoms with Gasteiger partial charge in [-0.25, -0.2) is 4.79 Å². The molecule has 0 radical (unpaired) electrons. The van der Waals surface area contributed by atoms with E-state index in [4.69, 9.17) is 9.47 Å². The molecule has 0 bridgehead atoms. The first-order chi connectivity index (χ1) is 15.9. The fourth-order valence-electron chi connectivity index (χ4n) is 3.51. The van der Waals surface area contributed by atoms with Gasteiger partial charge >= 0.3 is 5.97 Å². The fraction of sp³-hybridized carbons (Fsp3) is 0.346. The zero-order valence-electron chi connectivity index (χ0n) is 19.3. The molecule has 7 heteroatoms. The van der Waals surface area contributed by atoms with Crippen LogP contribution in [0.5, 0.6) is 5.75 Å². The van der Waals surface area contributed by atoms with E-state index < -0.39 is 12.1 Å². The number of esters is 1. The highest BCUT2D eigenvalue weighted by Gasteiger charge is 2.18. The van der Waals surface area contributed by atoms with E-state index in [1.807, 2.05) is 24.3 Å². The SMILES string of the molecule is CCCCc1ccc(NC(=O)Cn2ccc3c(OC(C)C(=O)OCC)cccc3c2=O)cc1. The van der Waals surface area contributed by atoms with Crippen molar-refractivity contribution in [3.63, 3.8) is 0 Å². The number of hydrogen-bond donors (Lipinski definition) is 1. The van der Waals surface area contributed by atoms with Crippen molar-refractivity contribution in [1.29, 1.82) is 0 Å². The quantitative estimate of drug-likeness (QED) is 0.465. The third kappa shape index (κ3) is 6.22. The van der Waals surface area contributed by atoms with Crippen LogP contribution in [-0.4, -0.2) is 29.2 Å². The number of anilines is 1. The van der Waals surface area contributed by atoms with Crippen LogP contribution in [0.4, 0.5) is 5.69 Å². The predicted molar refractivity (Wildman–Crippen MR) is 129 cm³/mol. The Morgan fingerprint density at radius 2 is 1.79 bits per heavy atom. The lowest BCUT2D eigenvalue weighted by molar-refractivity contribution is -0.150. The van der Waals surface area contributed by atoms with Crippen LogP contribution in [-0.2, 0) is 27.3 Å². The number of ether oxygens (including phenoxy) is 2. The molecule has 7 nitrogen and oxygen atoms in total. The molecular weight excluding hydrogens is 420 g/mol. The van der Waals surface area contributed by atoms with E-state index in [-0.39, 0.29) is 24.6 Å². The van der Waals surface area contributed by atoms with Crippen LogP contribution < -0.4 is 15.6 Å². The van der Waals surface area contributed by atoms with Crippen molar-refractivity contribution in [3.8, 4) is 5.75 Å². The van der Waals surface area contributed by atoms with Gasteiger partial charge in [0, 0.05) is 17.3 Å². The van der Waals surface area contributed by atoms with Gasteiger partial charge in [-0.05, 0) is 62.6 Å². The second-order valence-electron chi connectivity index (χ2n) is 7.83. The Bertz CT molecular complexity index is 1170. The number of benzene rings is 2. The molecule has 0 spiro atoms. The van der Waals surface area contributed by atoms with Crippen LogP contribution in [0.2, 0.25) is 0 Å². The van der Waals surface area contributed by atoms with Crippen molar-refractivity contribution in [2.45, 2.75) is 52.7 Å². The van der Waals surface area contributed by atoms with E-state index in [1.54, 1.807) is 44.3 Å². The molecule has 0 saturated heterocycles. The van der Waals surface area contributed by atoms with Gasteiger partial charge in [0.25, 0.3) is 5.56 Å². The summed E-state index contributed by atoms with van der Waals surface area (Å²) in [4.78, 5) is 37.4. The molecule has 0 aliphatic heterocycles. The average molecular weight is 451 g/mol. The van der Waals surface area contributed by atoms with Crippen LogP contribution in [0.1, 0.15) is 39.2 Å². The molecule has 0 aliphatic rings. The number of rotatable bonds is 10. The number of fused-ring (bicyclic) bond motifs is 1. The number of amides is 1. The summed E-state index contributed by atoms with van der Waals surface area (Å²) < 4.78 is 12.1. The summed E-state index contributed by atoms with van der Waals surface area (Å²) in [5, 5.41) is 3.81. The molecule has 1 unspecified atom stereocenters. The standard InChI is InChI=1S/C26H30N2O5/c1-4-6-8-19-11-13-20(14-12-19)27-24(29)17-28-16-15-21-22(25(28)30)9-7-10-23(21)33-18(3)26(31)32-5-2/h7,9-16,18H,4-6,8,17H2,1-3H3,(H,27,29). The highest BCUT2D eigenvalue weighted by Crippen LogP contribution is 2.24. The lowest BCUT2D eigenvalue weighted by Gasteiger charge is -2.15. The Balaban J connectivity index is 1.72. The lowest BCUT2D eigenvalue weighted by Crippen LogP contribution is -2.28. The normalized spacial score (nSPS) is 11.7. The van der Waals surface area contributed by atoms with E-state index in [9.17, 15) is 14.4 Å². The van der Waals surface area contributed by atoms with E-state index in [0.717, 1.165) is 19.3 Å².